The number of carbonyl (C=O) groups is 2. The molecule has 4 heteroatoms. The second-order valence-corrected chi connectivity index (χ2v) is 5.01. The van der Waals surface area contributed by atoms with Gasteiger partial charge in [0.15, 0.2) is 0 Å². The van der Waals surface area contributed by atoms with Gasteiger partial charge in [-0.25, -0.2) is 0 Å². The first-order valence-corrected chi connectivity index (χ1v) is 7.31. The Balaban J connectivity index is 4.14. The minimum atomic E-state index is -0.166. The Labute approximate surface area is 116 Å². The molecule has 0 amide bonds. The molecule has 0 aromatic heterocycles. The Hall–Kier alpha value is -1.06. The lowest BCUT2D eigenvalue weighted by molar-refractivity contribution is -0.150. The molecule has 0 aliphatic heterocycles. The number of carbonyl (C=O) groups excluding carboxylic acids is 2. The molecule has 0 rings (SSSR count). The van der Waals surface area contributed by atoms with Crippen LogP contribution >= 0.6 is 0 Å². The van der Waals surface area contributed by atoms with Gasteiger partial charge in [-0.05, 0) is 25.7 Å². The minimum Gasteiger partial charge on any atom is -0.469 e. The summed E-state index contributed by atoms with van der Waals surface area (Å²) in [4.78, 5) is 23.3. The molecule has 0 saturated heterocycles. The topological polar surface area (TPSA) is 52.6 Å². The Bertz CT molecular complexity index is 263. The van der Waals surface area contributed by atoms with E-state index in [1.54, 1.807) is 0 Å². The third kappa shape index (κ3) is 7.85. The first-order chi connectivity index (χ1) is 9.06. The van der Waals surface area contributed by atoms with Gasteiger partial charge in [0, 0.05) is 0 Å². The molecule has 2 atom stereocenters. The van der Waals surface area contributed by atoms with Gasteiger partial charge in [-0.1, -0.05) is 33.6 Å². The summed E-state index contributed by atoms with van der Waals surface area (Å²) in [6.07, 6.45) is 5.09. The van der Waals surface area contributed by atoms with E-state index >= 15 is 0 Å². The van der Waals surface area contributed by atoms with Gasteiger partial charge in [-0.3, -0.25) is 9.59 Å². The van der Waals surface area contributed by atoms with Crippen molar-refractivity contribution >= 4 is 11.9 Å². The van der Waals surface area contributed by atoms with Crippen LogP contribution in [0.3, 0.4) is 0 Å². The van der Waals surface area contributed by atoms with Crippen LogP contribution in [0.15, 0.2) is 0 Å². The van der Waals surface area contributed by atoms with Crippen molar-refractivity contribution in [1.82, 2.24) is 0 Å². The van der Waals surface area contributed by atoms with E-state index in [-0.39, 0.29) is 23.8 Å². The molecule has 0 spiro atoms. The third-order valence-corrected chi connectivity index (χ3v) is 3.24. The normalized spacial score (nSPS) is 13.7. The van der Waals surface area contributed by atoms with E-state index in [4.69, 9.17) is 9.47 Å². The minimum absolute atomic E-state index is 0.0913. The van der Waals surface area contributed by atoms with Gasteiger partial charge in [0.2, 0.25) is 0 Å². The van der Waals surface area contributed by atoms with Crippen LogP contribution in [-0.2, 0) is 19.1 Å². The molecule has 2 unspecified atom stereocenters. The second kappa shape index (κ2) is 10.8. The number of methoxy groups -OCH3 is 1. The standard InChI is InChI=1S/C15H28O4/c1-5-7-8-13(15(17)18-4)10-9-12(3)14(16)19-11-6-2/h12-13H,5-11H2,1-4H3. The predicted octanol–water partition coefficient (Wildman–Crippen LogP) is 3.34. The van der Waals surface area contributed by atoms with E-state index in [9.17, 15) is 9.59 Å². The van der Waals surface area contributed by atoms with Crippen molar-refractivity contribution in [2.24, 2.45) is 11.8 Å². The zero-order valence-corrected chi connectivity index (χ0v) is 12.7. The summed E-state index contributed by atoms with van der Waals surface area (Å²) < 4.78 is 9.91. The van der Waals surface area contributed by atoms with Crippen LogP contribution in [0.4, 0.5) is 0 Å². The van der Waals surface area contributed by atoms with E-state index in [2.05, 4.69) is 6.92 Å². The van der Waals surface area contributed by atoms with Crippen molar-refractivity contribution in [3.05, 3.63) is 0 Å². The highest BCUT2D eigenvalue weighted by molar-refractivity contribution is 5.73. The molecule has 0 saturated carbocycles. The van der Waals surface area contributed by atoms with Crippen LogP contribution in [0, 0.1) is 11.8 Å². The predicted molar refractivity (Wildman–Crippen MR) is 74.7 cm³/mol. The summed E-state index contributed by atoms with van der Waals surface area (Å²) in [5.74, 6) is -0.574. The molecule has 0 aromatic rings. The van der Waals surface area contributed by atoms with E-state index < -0.39 is 0 Å². The highest BCUT2D eigenvalue weighted by atomic mass is 16.5. The molecule has 0 aliphatic rings. The first-order valence-electron chi connectivity index (χ1n) is 7.31. The molecule has 112 valence electrons. The number of unbranched alkanes of at least 4 members (excludes halogenated alkanes) is 1. The molecule has 4 nitrogen and oxygen atoms in total. The Kier molecular flexibility index (Phi) is 10.2. The number of ether oxygens (including phenoxy) is 2. The third-order valence-electron chi connectivity index (χ3n) is 3.24. The summed E-state index contributed by atoms with van der Waals surface area (Å²) in [5, 5.41) is 0. The van der Waals surface area contributed by atoms with E-state index in [0.29, 0.717) is 19.4 Å². The average molecular weight is 272 g/mol. The molecule has 0 fully saturated rings. The second-order valence-electron chi connectivity index (χ2n) is 5.01. The Morgan fingerprint density at radius 1 is 1.00 bits per heavy atom. The molecule has 19 heavy (non-hydrogen) atoms. The zero-order chi connectivity index (χ0) is 14.7. The van der Waals surface area contributed by atoms with Crippen molar-refractivity contribution in [2.75, 3.05) is 13.7 Å². The van der Waals surface area contributed by atoms with Crippen LogP contribution in [0.25, 0.3) is 0 Å². The van der Waals surface area contributed by atoms with Gasteiger partial charge < -0.3 is 9.47 Å². The van der Waals surface area contributed by atoms with Gasteiger partial charge in [0.05, 0.1) is 25.6 Å². The quantitative estimate of drug-likeness (QED) is 0.572. The van der Waals surface area contributed by atoms with Crippen LogP contribution in [0.2, 0.25) is 0 Å². The van der Waals surface area contributed by atoms with Crippen molar-refractivity contribution < 1.29 is 19.1 Å². The zero-order valence-electron chi connectivity index (χ0n) is 12.7. The fraction of sp³-hybridized carbons (Fsp3) is 0.867. The SMILES string of the molecule is CCCCC(CCC(C)C(=O)OCCC)C(=O)OC. The van der Waals surface area contributed by atoms with Crippen molar-refractivity contribution in [1.29, 1.82) is 0 Å². The molecule has 0 aliphatic carbocycles. The number of rotatable bonds is 10. The lowest BCUT2D eigenvalue weighted by Gasteiger charge is -2.16. The molecular formula is C15H28O4. The van der Waals surface area contributed by atoms with Crippen molar-refractivity contribution in [2.45, 2.75) is 59.3 Å². The maximum atomic E-state index is 11.6. The van der Waals surface area contributed by atoms with Crippen molar-refractivity contribution in [3.63, 3.8) is 0 Å². The molecule has 0 aromatic carbocycles. The maximum Gasteiger partial charge on any atom is 0.308 e. The van der Waals surface area contributed by atoms with Crippen LogP contribution in [-0.4, -0.2) is 25.7 Å². The summed E-state index contributed by atoms with van der Waals surface area (Å²) >= 11 is 0. The average Bonchev–Trinajstić information content (AvgIpc) is 2.43. The molecule has 0 heterocycles. The van der Waals surface area contributed by atoms with Crippen LogP contribution in [0.5, 0.6) is 0 Å². The van der Waals surface area contributed by atoms with E-state index in [1.807, 2.05) is 13.8 Å². The Morgan fingerprint density at radius 3 is 2.21 bits per heavy atom. The summed E-state index contributed by atoms with van der Waals surface area (Å²) in [6, 6.07) is 0. The molecule has 0 radical (unpaired) electrons. The van der Waals surface area contributed by atoms with Crippen molar-refractivity contribution in [3.8, 4) is 0 Å². The number of hydrogen-bond acceptors (Lipinski definition) is 4. The lowest BCUT2D eigenvalue weighted by Crippen LogP contribution is -2.20. The highest BCUT2D eigenvalue weighted by Gasteiger charge is 2.22. The fourth-order valence-electron chi connectivity index (χ4n) is 1.91. The summed E-state index contributed by atoms with van der Waals surface area (Å²) in [5.41, 5.74) is 0. The lowest BCUT2D eigenvalue weighted by atomic mass is 9.93. The molecule has 0 bridgehead atoms. The van der Waals surface area contributed by atoms with Gasteiger partial charge in [-0.2, -0.15) is 0 Å². The van der Waals surface area contributed by atoms with Crippen LogP contribution in [0.1, 0.15) is 59.3 Å². The first kappa shape index (κ1) is 17.9. The number of hydrogen-bond donors (Lipinski definition) is 0. The van der Waals surface area contributed by atoms with Gasteiger partial charge in [0.1, 0.15) is 0 Å². The van der Waals surface area contributed by atoms with Gasteiger partial charge in [-0.15, -0.1) is 0 Å². The monoisotopic (exact) mass is 272 g/mol. The Morgan fingerprint density at radius 2 is 1.68 bits per heavy atom. The van der Waals surface area contributed by atoms with Gasteiger partial charge in [0.25, 0.3) is 0 Å². The maximum absolute atomic E-state index is 11.6. The highest BCUT2D eigenvalue weighted by Crippen LogP contribution is 2.20. The number of esters is 2. The largest absolute Gasteiger partial charge is 0.469 e. The smallest absolute Gasteiger partial charge is 0.308 e. The molecule has 0 N–H and O–H groups in total. The van der Waals surface area contributed by atoms with Gasteiger partial charge >= 0.3 is 11.9 Å². The van der Waals surface area contributed by atoms with Crippen LogP contribution < -0.4 is 0 Å². The summed E-state index contributed by atoms with van der Waals surface area (Å²) in [6.45, 7) is 6.39. The summed E-state index contributed by atoms with van der Waals surface area (Å²) in [7, 11) is 1.42. The molecular weight excluding hydrogens is 244 g/mol. The van der Waals surface area contributed by atoms with E-state index in [1.165, 1.54) is 7.11 Å². The van der Waals surface area contributed by atoms with E-state index in [0.717, 1.165) is 25.7 Å². The fourth-order valence-corrected chi connectivity index (χ4v) is 1.91.